The van der Waals surface area contributed by atoms with E-state index in [1.807, 2.05) is 6.92 Å². The topological polar surface area (TPSA) is 60.7 Å². The zero-order valence-corrected chi connectivity index (χ0v) is 11.1. The first kappa shape index (κ1) is 11.9. The summed E-state index contributed by atoms with van der Waals surface area (Å²) in [5.41, 5.74) is 1.24. The summed E-state index contributed by atoms with van der Waals surface area (Å²) in [7, 11) is 0. The molecule has 0 radical (unpaired) electrons. The normalized spacial score (nSPS) is 10.5. The van der Waals surface area contributed by atoms with Crippen LogP contribution in [0.2, 0.25) is 0 Å². The van der Waals surface area contributed by atoms with Gasteiger partial charge < -0.3 is 0 Å². The van der Waals surface area contributed by atoms with E-state index in [4.69, 9.17) is 0 Å². The van der Waals surface area contributed by atoms with E-state index in [0.29, 0.717) is 18.1 Å². The highest BCUT2D eigenvalue weighted by Gasteiger charge is 2.10. The average Bonchev–Trinajstić information content (AvgIpc) is 2.33. The molecule has 0 bridgehead atoms. The van der Waals surface area contributed by atoms with Crippen molar-refractivity contribution in [3.05, 3.63) is 50.6 Å². The zero-order chi connectivity index (χ0) is 12.4. The molecule has 2 rings (SSSR count). The van der Waals surface area contributed by atoms with E-state index in [1.165, 1.54) is 0 Å². The predicted molar refractivity (Wildman–Crippen MR) is 66.8 cm³/mol. The van der Waals surface area contributed by atoms with Crippen molar-refractivity contribution in [3.63, 3.8) is 0 Å². The van der Waals surface area contributed by atoms with E-state index in [-0.39, 0.29) is 5.69 Å². The summed E-state index contributed by atoms with van der Waals surface area (Å²) >= 11 is 3.41. The van der Waals surface area contributed by atoms with Crippen molar-refractivity contribution in [1.29, 1.82) is 0 Å². The number of hydrogen-bond acceptors (Lipinski definition) is 4. The Labute approximate surface area is 107 Å². The van der Waals surface area contributed by atoms with Crippen LogP contribution in [-0.2, 0) is 6.54 Å². The molecule has 0 aliphatic carbocycles. The van der Waals surface area contributed by atoms with Gasteiger partial charge in [0, 0.05) is 18.1 Å². The van der Waals surface area contributed by atoms with Crippen molar-refractivity contribution >= 4 is 15.9 Å². The van der Waals surface area contributed by atoms with Crippen molar-refractivity contribution in [1.82, 2.24) is 19.5 Å². The molecule has 0 N–H and O–H groups in total. The summed E-state index contributed by atoms with van der Waals surface area (Å²) < 4.78 is 2.39. The quantitative estimate of drug-likeness (QED) is 0.841. The zero-order valence-electron chi connectivity index (χ0n) is 9.51. The minimum absolute atomic E-state index is 0.282. The van der Waals surface area contributed by atoms with Crippen LogP contribution in [0.15, 0.2) is 27.7 Å². The van der Waals surface area contributed by atoms with Gasteiger partial charge in [-0.2, -0.15) is 4.98 Å². The van der Waals surface area contributed by atoms with Gasteiger partial charge in [0.2, 0.25) is 0 Å². The number of aryl methyl sites for hydroxylation is 1. The standard InChI is InChI=1S/C11H11BrN4O/c1-7-10(12)8(2)16(11(17)15-7)6-9-13-4-3-5-14-9/h3-5H,6H2,1-2H3. The highest BCUT2D eigenvalue weighted by molar-refractivity contribution is 9.10. The number of nitrogens with zero attached hydrogens (tertiary/aromatic N) is 4. The van der Waals surface area contributed by atoms with Gasteiger partial charge in [-0.15, -0.1) is 0 Å². The van der Waals surface area contributed by atoms with Crippen molar-refractivity contribution in [2.45, 2.75) is 20.4 Å². The number of halogens is 1. The highest BCUT2D eigenvalue weighted by Crippen LogP contribution is 2.16. The molecule has 88 valence electrons. The summed E-state index contributed by atoms with van der Waals surface area (Å²) in [5, 5.41) is 0. The number of aromatic nitrogens is 4. The van der Waals surface area contributed by atoms with Gasteiger partial charge in [-0.1, -0.05) is 0 Å². The Bertz CT molecular complexity index is 594. The van der Waals surface area contributed by atoms with Crippen molar-refractivity contribution in [2.24, 2.45) is 0 Å². The lowest BCUT2D eigenvalue weighted by molar-refractivity contribution is 0.659. The van der Waals surface area contributed by atoms with Gasteiger partial charge in [-0.25, -0.2) is 14.8 Å². The Balaban J connectivity index is 2.47. The van der Waals surface area contributed by atoms with Crippen molar-refractivity contribution < 1.29 is 0 Å². The summed E-state index contributed by atoms with van der Waals surface area (Å²) in [4.78, 5) is 23.9. The van der Waals surface area contributed by atoms with E-state index in [9.17, 15) is 4.79 Å². The molecule has 0 saturated carbocycles. The third-order valence-electron chi connectivity index (χ3n) is 2.45. The van der Waals surface area contributed by atoms with Gasteiger partial charge in [0.1, 0.15) is 5.82 Å². The van der Waals surface area contributed by atoms with Crippen molar-refractivity contribution in [2.75, 3.05) is 0 Å². The first-order valence-corrected chi connectivity index (χ1v) is 5.88. The Morgan fingerprint density at radius 2 is 1.94 bits per heavy atom. The molecular formula is C11H11BrN4O. The van der Waals surface area contributed by atoms with Crippen LogP contribution in [0.5, 0.6) is 0 Å². The molecule has 2 heterocycles. The Hall–Kier alpha value is -1.56. The molecule has 17 heavy (non-hydrogen) atoms. The maximum absolute atomic E-state index is 11.8. The molecular weight excluding hydrogens is 284 g/mol. The first-order valence-electron chi connectivity index (χ1n) is 5.09. The minimum atomic E-state index is -0.282. The van der Waals surface area contributed by atoms with Gasteiger partial charge in [0.05, 0.1) is 16.7 Å². The summed E-state index contributed by atoms with van der Waals surface area (Å²) in [6, 6.07) is 1.74. The SMILES string of the molecule is Cc1nc(=O)n(Cc2ncccn2)c(C)c1Br. The highest BCUT2D eigenvalue weighted by atomic mass is 79.9. The Morgan fingerprint density at radius 3 is 2.59 bits per heavy atom. The molecule has 0 aliphatic rings. The Kier molecular flexibility index (Phi) is 3.33. The second kappa shape index (κ2) is 4.75. The number of rotatable bonds is 2. The van der Waals surface area contributed by atoms with Crippen LogP contribution >= 0.6 is 15.9 Å². The fourth-order valence-electron chi connectivity index (χ4n) is 1.52. The summed E-state index contributed by atoms with van der Waals surface area (Å²) in [6.07, 6.45) is 3.30. The number of hydrogen-bond donors (Lipinski definition) is 0. The molecule has 0 saturated heterocycles. The van der Waals surface area contributed by atoms with Gasteiger partial charge >= 0.3 is 5.69 Å². The lowest BCUT2D eigenvalue weighted by Crippen LogP contribution is -2.27. The van der Waals surface area contributed by atoms with Gasteiger partial charge in [-0.05, 0) is 35.8 Å². The predicted octanol–water partition coefficient (Wildman–Crippen LogP) is 1.46. The fourth-order valence-corrected chi connectivity index (χ4v) is 1.82. The minimum Gasteiger partial charge on any atom is -0.288 e. The second-order valence-electron chi connectivity index (χ2n) is 3.63. The third-order valence-corrected chi connectivity index (χ3v) is 3.60. The molecule has 0 spiro atoms. The van der Waals surface area contributed by atoms with Crippen LogP contribution in [0.25, 0.3) is 0 Å². The van der Waals surface area contributed by atoms with Crippen LogP contribution < -0.4 is 5.69 Å². The van der Waals surface area contributed by atoms with Crippen LogP contribution in [0.1, 0.15) is 17.2 Å². The molecule has 0 fully saturated rings. The van der Waals surface area contributed by atoms with E-state index < -0.39 is 0 Å². The first-order chi connectivity index (χ1) is 8.09. The molecule has 6 heteroatoms. The second-order valence-corrected chi connectivity index (χ2v) is 4.42. The maximum Gasteiger partial charge on any atom is 0.348 e. The van der Waals surface area contributed by atoms with Gasteiger partial charge in [0.15, 0.2) is 0 Å². The largest absolute Gasteiger partial charge is 0.348 e. The molecule has 2 aromatic rings. The molecule has 5 nitrogen and oxygen atoms in total. The van der Waals surface area contributed by atoms with Gasteiger partial charge in [0.25, 0.3) is 0 Å². The van der Waals surface area contributed by atoms with E-state index in [1.54, 1.807) is 30.0 Å². The van der Waals surface area contributed by atoms with E-state index in [2.05, 4.69) is 30.9 Å². The van der Waals surface area contributed by atoms with Crippen LogP contribution in [0, 0.1) is 13.8 Å². The fraction of sp³-hybridized carbons (Fsp3) is 0.273. The Morgan fingerprint density at radius 1 is 1.29 bits per heavy atom. The van der Waals surface area contributed by atoms with E-state index in [0.717, 1.165) is 10.2 Å². The van der Waals surface area contributed by atoms with Gasteiger partial charge in [-0.3, -0.25) is 4.57 Å². The maximum atomic E-state index is 11.8. The molecule has 0 atom stereocenters. The molecule has 0 aromatic carbocycles. The monoisotopic (exact) mass is 294 g/mol. The molecule has 0 unspecified atom stereocenters. The molecule has 0 amide bonds. The summed E-state index contributed by atoms with van der Waals surface area (Å²) in [5.74, 6) is 0.593. The lowest BCUT2D eigenvalue weighted by Gasteiger charge is -2.10. The van der Waals surface area contributed by atoms with Crippen LogP contribution in [0.4, 0.5) is 0 Å². The summed E-state index contributed by atoms with van der Waals surface area (Å²) in [6.45, 7) is 3.99. The molecule has 2 aromatic heterocycles. The van der Waals surface area contributed by atoms with Crippen molar-refractivity contribution in [3.8, 4) is 0 Å². The smallest absolute Gasteiger partial charge is 0.288 e. The van der Waals surface area contributed by atoms with Crippen LogP contribution in [-0.4, -0.2) is 19.5 Å². The third kappa shape index (κ3) is 2.41. The average molecular weight is 295 g/mol. The van der Waals surface area contributed by atoms with E-state index >= 15 is 0 Å². The van der Waals surface area contributed by atoms with Crippen LogP contribution in [0.3, 0.4) is 0 Å². The molecule has 0 aliphatic heterocycles. The lowest BCUT2D eigenvalue weighted by atomic mass is 10.3.